The van der Waals surface area contributed by atoms with E-state index in [-0.39, 0.29) is 6.04 Å². The van der Waals surface area contributed by atoms with Crippen LogP contribution >= 0.6 is 0 Å². The summed E-state index contributed by atoms with van der Waals surface area (Å²) in [6.45, 7) is 1.59. The third-order valence-electron chi connectivity index (χ3n) is 5.02. The summed E-state index contributed by atoms with van der Waals surface area (Å²) in [5, 5.41) is 6.73. The number of esters is 1. The van der Waals surface area contributed by atoms with Crippen LogP contribution in [-0.4, -0.2) is 30.6 Å². The van der Waals surface area contributed by atoms with Gasteiger partial charge in [-0.05, 0) is 35.6 Å². The van der Waals surface area contributed by atoms with Gasteiger partial charge >= 0.3 is 12.0 Å². The molecule has 2 N–H and O–H groups in total. The molecular weight excluding hydrogens is 344 g/mol. The van der Waals surface area contributed by atoms with E-state index in [2.05, 4.69) is 17.6 Å². The maximum Gasteiger partial charge on any atom is 0.339 e. The maximum absolute atomic E-state index is 12.3. The minimum Gasteiger partial charge on any atom is -0.452 e. The monoisotopic (exact) mass is 368 g/mol. The molecule has 0 aliphatic heterocycles. The predicted octanol–water partition coefficient (Wildman–Crippen LogP) is 3.40. The molecule has 3 amide bonds. The van der Waals surface area contributed by atoms with Gasteiger partial charge in [-0.3, -0.25) is 10.1 Å². The fraction of sp³-hybridized carbons (Fsp3) is 0.381. The third-order valence-corrected chi connectivity index (χ3v) is 5.02. The predicted molar refractivity (Wildman–Crippen MR) is 102 cm³/mol. The molecule has 6 nitrogen and oxygen atoms in total. The highest BCUT2D eigenvalue weighted by Crippen LogP contribution is 2.23. The highest BCUT2D eigenvalue weighted by Gasteiger charge is 2.23. The van der Waals surface area contributed by atoms with Gasteiger partial charge in [0.05, 0.1) is 5.56 Å². The van der Waals surface area contributed by atoms with E-state index in [4.69, 9.17) is 4.74 Å². The van der Waals surface area contributed by atoms with Crippen LogP contribution in [0.15, 0.2) is 42.5 Å². The Morgan fingerprint density at radius 3 is 2.59 bits per heavy atom. The molecule has 0 saturated heterocycles. The molecule has 0 radical (unpaired) electrons. The summed E-state index contributed by atoms with van der Waals surface area (Å²) in [6.07, 6.45) is 4.23. The molecule has 3 rings (SSSR count). The molecule has 0 heterocycles. The van der Waals surface area contributed by atoms with Crippen molar-refractivity contribution < 1.29 is 19.1 Å². The van der Waals surface area contributed by atoms with Crippen molar-refractivity contribution in [2.75, 3.05) is 6.61 Å². The zero-order chi connectivity index (χ0) is 19.2. The average molecular weight is 368 g/mol. The minimum absolute atomic E-state index is 0.0739. The molecule has 1 aliphatic carbocycles. The van der Waals surface area contributed by atoms with Gasteiger partial charge < -0.3 is 10.1 Å². The fourth-order valence-electron chi connectivity index (χ4n) is 3.51. The quantitative estimate of drug-likeness (QED) is 0.810. The molecule has 2 aromatic carbocycles. The Balaban J connectivity index is 1.51. The first-order chi connectivity index (χ1) is 13.0. The lowest BCUT2D eigenvalue weighted by Gasteiger charge is -2.29. The number of carbonyl (C=O) groups excluding carboxylic acids is 3. The van der Waals surface area contributed by atoms with Crippen LogP contribution in [0, 0.1) is 5.92 Å². The summed E-state index contributed by atoms with van der Waals surface area (Å²) < 4.78 is 5.08. The lowest BCUT2D eigenvalue weighted by molar-refractivity contribution is -0.123. The van der Waals surface area contributed by atoms with Crippen LogP contribution in [0.5, 0.6) is 0 Å². The second kappa shape index (κ2) is 8.66. The second-order valence-electron chi connectivity index (χ2n) is 6.99. The Kier molecular flexibility index (Phi) is 6.06. The molecule has 1 fully saturated rings. The first-order valence-corrected chi connectivity index (χ1v) is 9.30. The molecule has 0 spiro atoms. The number of fused-ring (bicyclic) bond motifs is 1. The summed E-state index contributed by atoms with van der Waals surface area (Å²) in [4.78, 5) is 36.2. The first-order valence-electron chi connectivity index (χ1n) is 9.30. The molecule has 2 atom stereocenters. The molecule has 0 bridgehead atoms. The molecule has 1 saturated carbocycles. The Bertz CT molecular complexity index is 844. The van der Waals surface area contributed by atoms with E-state index in [1.165, 1.54) is 6.42 Å². The van der Waals surface area contributed by atoms with E-state index in [1.54, 1.807) is 12.1 Å². The number of benzene rings is 2. The number of ether oxygens (including phenoxy) is 1. The van der Waals surface area contributed by atoms with Crippen LogP contribution in [0.4, 0.5) is 4.79 Å². The molecular formula is C21H24N2O4. The average Bonchev–Trinajstić information content (AvgIpc) is 2.67. The number of amides is 3. The number of carbonyl (C=O) groups is 3. The topological polar surface area (TPSA) is 84.5 Å². The SMILES string of the molecule is C[C@@H]1CCCC[C@@H]1NC(=O)NC(=O)COC(=O)c1cccc2ccccc12. The summed E-state index contributed by atoms with van der Waals surface area (Å²) in [5.41, 5.74) is 0.390. The van der Waals surface area contributed by atoms with Crippen LogP contribution in [0.2, 0.25) is 0 Å². The van der Waals surface area contributed by atoms with Crippen molar-refractivity contribution in [3.8, 4) is 0 Å². The van der Waals surface area contributed by atoms with Gasteiger partial charge in [0.2, 0.25) is 0 Å². The molecule has 0 unspecified atom stereocenters. The van der Waals surface area contributed by atoms with Crippen molar-refractivity contribution in [1.29, 1.82) is 0 Å². The molecule has 0 aromatic heterocycles. The Morgan fingerprint density at radius 2 is 1.78 bits per heavy atom. The lowest BCUT2D eigenvalue weighted by atomic mass is 9.86. The highest BCUT2D eigenvalue weighted by atomic mass is 16.5. The van der Waals surface area contributed by atoms with Crippen LogP contribution in [-0.2, 0) is 9.53 Å². The summed E-state index contributed by atoms with van der Waals surface area (Å²) in [6, 6.07) is 12.3. The molecule has 27 heavy (non-hydrogen) atoms. The zero-order valence-electron chi connectivity index (χ0n) is 15.4. The van der Waals surface area contributed by atoms with Gasteiger partial charge in [-0.15, -0.1) is 0 Å². The van der Waals surface area contributed by atoms with Gasteiger partial charge in [0.15, 0.2) is 6.61 Å². The van der Waals surface area contributed by atoms with Crippen molar-refractivity contribution in [3.63, 3.8) is 0 Å². The van der Waals surface area contributed by atoms with Gasteiger partial charge in [0.25, 0.3) is 5.91 Å². The minimum atomic E-state index is -0.649. The summed E-state index contributed by atoms with van der Waals surface area (Å²) >= 11 is 0. The van der Waals surface area contributed by atoms with E-state index in [9.17, 15) is 14.4 Å². The zero-order valence-corrected chi connectivity index (χ0v) is 15.4. The molecule has 1 aliphatic rings. The van der Waals surface area contributed by atoms with E-state index < -0.39 is 24.5 Å². The van der Waals surface area contributed by atoms with Gasteiger partial charge in [0.1, 0.15) is 0 Å². The number of nitrogens with one attached hydrogen (secondary N) is 2. The van der Waals surface area contributed by atoms with Gasteiger partial charge in [0, 0.05) is 6.04 Å². The van der Waals surface area contributed by atoms with Gasteiger partial charge in [-0.25, -0.2) is 9.59 Å². The normalized spacial score (nSPS) is 19.3. The molecule has 142 valence electrons. The van der Waals surface area contributed by atoms with E-state index in [1.807, 2.05) is 30.3 Å². The van der Waals surface area contributed by atoms with Crippen molar-refractivity contribution in [2.24, 2.45) is 5.92 Å². The first kappa shape index (κ1) is 18.9. The largest absolute Gasteiger partial charge is 0.452 e. The van der Waals surface area contributed by atoms with Crippen LogP contribution < -0.4 is 10.6 Å². The van der Waals surface area contributed by atoms with Gasteiger partial charge in [-0.2, -0.15) is 0 Å². The molecule has 6 heteroatoms. The number of hydrogen-bond donors (Lipinski definition) is 2. The van der Waals surface area contributed by atoms with E-state index in [0.717, 1.165) is 30.0 Å². The number of rotatable bonds is 4. The number of hydrogen-bond acceptors (Lipinski definition) is 4. The second-order valence-corrected chi connectivity index (χ2v) is 6.99. The lowest BCUT2D eigenvalue weighted by Crippen LogP contribution is -2.48. The Hall–Kier alpha value is -2.89. The van der Waals surface area contributed by atoms with Crippen molar-refractivity contribution >= 4 is 28.7 Å². The highest BCUT2D eigenvalue weighted by molar-refractivity contribution is 6.05. The summed E-state index contributed by atoms with van der Waals surface area (Å²) in [7, 11) is 0. The van der Waals surface area contributed by atoms with Crippen molar-refractivity contribution in [1.82, 2.24) is 10.6 Å². The van der Waals surface area contributed by atoms with E-state index in [0.29, 0.717) is 11.5 Å². The van der Waals surface area contributed by atoms with Crippen molar-refractivity contribution in [2.45, 2.75) is 38.6 Å². The van der Waals surface area contributed by atoms with E-state index >= 15 is 0 Å². The number of urea groups is 1. The van der Waals surface area contributed by atoms with Crippen LogP contribution in [0.1, 0.15) is 43.0 Å². The Morgan fingerprint density at radius 1 is 1.04 bits per heavy atom. The van der Waals surface area contributed by atoms with Crippen LogP contribution in [0.25, 0.3) is 10.8 Å². The maximum atomic E-state index is 12.3. The summed E-state index contributed by atoms with van der Waals surface area (Å²) in [5.74, 6) is -0.850. The molecule has 2 aromatic rings. The number of imide groups is 1. The van der Waals surface area contributed by atoms with Crippen molar-refractivity contribution in [3.05, 3.63) is 48.0 Å². The fourth-order valence-corrected chi connectivity index (χ4v) is 3.51. The van der Waals surface area contributed by atoms with Crippen LogP contribution in [0.3, 0.4) is 0 Å². The Labute approximate surface area is 158 Å². The van der Waals surface area contributed by atoms with Gasteiger partial charge in [-0.1, -0.05) is 56.2 Å². The standard InChI is InChI=1S/C21H24N2O4/c1-14-7-2-5-12-18(14)22-21(26)23-19(24)13-27-20(25)17-11-6-9-15-8-3-4-10-16(15)17/h3-4,6,8-11,14,18H,2,5,7,12-13H2,1H3,(H2,22,23,24,26)/t14-,18+/m1/s1. The smallest absolute Gasteiger partial charge is 0.339 e. The third kappa shape index (κ3) is 4.84.